The van der Waals surface area contributed by atoms with Crippen LogP contribution in [0.2, 0.25) is 0 Å². The number of carbonyl (C=O) groups is 1. The van der Waals surface area contributed by atoms with E-state index in [0.717, 1.165) is 28.6 Å². The number of hydrogen-bond donors (Lipinski definition) is 1. The lowest BCUT2D eigenvalue weighted by Crippen LogP contribution is -2.41. The maximum atomic E-state index is 12.3. The Morgan fingerprint density at radius 3 is 3.10 bits per heavy atom. The van der Waals surface area contributed by atoms with Crippen molar-refractivity contribution in [3.05, 3.63) is 29.3 Å². The Balaban J connectivity index is 1.59. The molecule has 6 heteroatoms. The normalized spacial score (nSPS) is 18.8. The Hall–Kier alpha value is -1.11. The predicted octanol–water partition coefficient (Wildman–Crippen LogP) is 2.35. The number of amides is 1. The largest absolute Gasteiger partial charge is 0.339 e. The number of rotatable bonds is 4. The van der Waals surface area contributed by atoms with Gasteiger partial charge in [0.2, 0.25) is 5.91 Å². The SMILES string of the molecule is CN(Cc1nc2ccccc2s1)C(=O)CC1CSCCN1. The van der Waals surface area contributed by atoms with E-state index in [1.807, 2.05) is 37.0 Å². The van der Waals surface area contributed by atoms with Crippen molar-refractivity contribution in [1.82, 2.24) is 15.2 Å². The number of nitrogens with one attached hydrogen (secondary N) is 1. The van der Waals surface area contributed by atoms with E-state index in [1.54, 1.807) is 16.2 Å². The smallest absolute Gasteiger partial charge is 0.224 e. The van der Waals surface area contributed by atoms with Gasteiger partial charge in [0.05, 0.1) is 16.8 Å². The van der Waals surface area contributed by atoms with Gasteiger partial charge in [-0.25, -0.2) is 4.98 Å². The highest BCUT2D eigenvalue weighted by Crippen LogP contribution is 2.22. The number of thioether (sulfide) groups is 1. The van der Waals surface area contributed by atoms with E-state index >= 15 is 0 Å². The molecule has 1 aliphatic heterocycles. The molecule has 3 rings (SSSR count). The Labute approximate surface area is 132 Å². The molecular formula is C15H19N3OS2. The zero-order chi connectivity index (χ0) is 14.7. The van der Waals surface area contributed by atoms with Gasteiger partial charge >= 0.3 is 0 Å². The predicted molar refractivity (Wildman–Crippen MR) is 89.8 cm³/mol. The summed E-state index contributed by atoms with van der Waals surface area (Å²) in [5.41, 5.74) is 1.02. The molecule has 2 aromatic rings. The Morgan fingerprint density at radius 1 is 1.48 bits per heavy atom. The summed E-state index contributed by atoms with van der Waals surface area (Å²) in [6.45, 7) is 1.60. The van der Waals surface area contributed by atoms with E-state index in [4.69, 9.17) is 0 Å². The molecule has 1 amide bonds. The number of thiazole rings is 1. The van der Waals surface area contributed by atoms with E-state index in [0.29, 0.717) is 19.0 Å². The quantitative estimate of drug-likeness (QED) is 0.939. The van der Waals surface area contributed by atoms with Crippen LogP contribution in [0, 0.1) is 0 Å². The molecule has 0 saturated carbocycles. The molecule has 112 valence electrons. The van der Waals surface area contributed by atoms with Gasteiger partial charge < -0.3 is 10.2 Å². The number of aromatic nitrogens is 1. The van der Waals surface area contributed by atoms with Crippen molar-refractivity contribution >= 4 is 39.2 Å². The van der Waals surface area contributed by atoms with E-state index in [-0.39, 0.29) is 5.91 Å². The average Bonchev–Trinajstić information content (AvgIpc) is 2.90. The molecule has 1 aromatic carbocycles. The van der Waals surface area contributed by atoms with Crippen LogP contribution >= 0.6 is 23.1 Å². The lowest BCUT2D eigenvalue weighted by atomic mass is 10.2. The van der Waals surface area contributed by atoms with E-state index in [2.05, 4.69) is 16.4 Å². The molecule has 21 heavy (non-hydrogen) atoms. The summed E-state index contributed by atoms with van der Waals surface area (Å²) in [6.07, 6.45) is 0.578. The van der Waals surface area contributed by atoms with Gasteiger partial charge in [-0.05, 0) is 12.1 Å². The van der Waals surface area contributed by atoms with Crippen LogP contribution in [0.15, 0.2) is 24.3 Å². The fraction of sp³-hybridized carbons (Fsp3) is 0.467. The van der Waals surface area contributed by atoms with Gasteiger partial charge in [-0.3, -0.25) is 4.79 Å². The lowest BCUT2D eigenvalue weighted by molar-refractivity contribution is -0.130. The minimum absolute atomic E-state index is 0.189. The van der Waals surface area contributed by atoms with Gasteiger partial charge in [0, 0.05) is 37.6 Å². The Morgan fingerprint density at radius 2 is 2.33 bits per heavy atom. The first kappa shape index (κ1) is 14.8. The fourth-order valence-electron chi connectivity index (χ4n) is 2.40. The summed E-state index contributed by atoms with van der Waals surface area (Å²) >= 11 is 3.58. The van der Waals surface area contributed by atoms with Gasteiger partial charge in [-0.1, -0.05) is 12.1 Å². The van der Waals surface area contributed by atoms with Crippen molar-refractivity contribution in [2.45, 2.75) is 19.0 Å². The van der Waals surface area contributed by atoms with Crippen LogP contribution in [-0.2, 0) is 11.3 Å². The van der Waals surface area contributed by atoms with Crippen molar-refractivity contribution < 1.29 is 4.79 Å². The maximum absolute atomic E-state index is 12.3. The lowest BCUT2D eigenvalue weighted by Gasteiger charge is -2.25. The monoisotopic (exact) mass is 321 g/mol. The van der Waals surface area contributed by atoms with Crippen LogP contribution < -0.4 is 5.32 Å². The third kappa shape index (κ3) is 3.75. The molecule has 1 atom stereocenters. The van der Waals surface area contributed by atoms with Gasteiger partial charge in [0.1, 0.15) is 5.01 Å². The second-order valence-electron chi connectivity index (χ2n) is 5.26. The second-order valence-corrected chi connectivity index (χ2v) is 7.52. The van der Waals surface area contributed by atoms with Crippen molar-refractivity contribution in [3.63, 3.8) is 0 Å². The molecule has 0 spiro atoms. The van der Waals surface area contributed by atoms with Crippen LogP contribution in [0.5, 0.6) is 0 Å². The number of fused-ring (bicyclic) bond motifs is 1. The molecule has 0 bridgehead atoms. The zero-order valence-corrected chi connectivity index (χ0v) is 13.7. The van der Waals surface area contributed by atoms with Crippen molar-refractivity contribution in [2.75, 3.05) is 25.1 Å². The van der Waals surface area contributed by atoms with Crippen LogP contribution in [0.4, 0.5) is 0 Å². The first-order valence-corrected chi connectivity index (χ1v) is 9.09. The molecule has 0 aliphatic carbocycles. The number of benzene rings is 1. The van der Waals surface area contributed by atoms with E-state index in [1.165, 1.54) is 4.70 Å². The minimum Gasteiger partial charge on any atom is -0.339 e. The third-order valence-corrected chi connectivity index (χ3v) is 5.71. The summed E-state index contributed by atoms with van der Waals surface area (Å²) in [6, 6.07) is 8.41. The molecule has 1 aromatic heterocycles. The number of nitrogens with zero attached hydrogens (tertiary/aromatic N) is 2. The molecule has 1 aliphatic rings. The van der Waals surface area contributed by atoms with E-state index in [9.17, 15) is 4.79 Å². The number of carbonyl (C=O) groups excluding carboxylic acids is 1. The molecular weight excluding hydrogens is 302 g/mol. The molecule has 1 unspecified atom stereocenters. The fourth-order valence-corrected chi connectivity index (χ4v) is 4.37. The van der Waals surface area contributed by atoms with Crippen molar-refractivity contribution in [2.24, 2.45) is 0 Å². The first-order chi connectivity index (χ1) is 10.2. The highest BCUT2D eigenvalue weighted by Gasteiger charge is 2.19. The van der Waals surface area contributed by atoms with Crippen molar-refractivity contribution in [3.8, 4) is 0 Å². The molecule has 4 nitrogen and oxygen atoms in total. The molecule has 1 N–H and O–H groups in total. The summed E-state index contributed by atoms with van der Waals surface area (Å²) in [5, 5.41) is 4.41. The van der Waals surface area contributed by atoms with Crippen molar-refractivity contribution in [1.29, 1.82) is 0 Å². The van der Waals surface area contributed by atoms with Crippen LogP contribution in [0.1, 0.15) is 11.4 Å². The maximum Gasteiger partial charge on any atom is 0.224 e. The average molecular weight is 321 g/mol. The first-order valence-electron chi connectivity index (χ1n) is 7.12. The highest BCUT2D eigenvalue weighted by atomic mass is 32.2. The number of hydrogen-bond acceptors (Lipinski definition) is 5. The standard InChI is InChI=1S/C15H19N3OS2/c1-18(15(19)8-11-10-20-7-6-16-11)9-14-17-12-4-2-3-5-13(12)21-14/h2-5,11,16H,6-10H2,1H3. The summed E-state index contributed by atoms with van der Waals surface area (Å²) < 4.78 is 1.18. The molecule has 2 heterocycles. The molecule has 1 saturated heterocycles. The van der Waals surface area contributed by atoms with Crippen LogP contribution in [0.25, 0.3) is 10.2 Å². The third-order valence-electron chi connectivity index (χ3n) is 3.56. The van der Waals surface area contributed by atoms with Gasteiger partial charge in [0.25, 0.3) is 0 Å². The van der Waals surface area contributed by atoms with Crippen LogP contribution in [0.3, 0.4) is 0 Å². The highest BCUT2D eigenvalue weighted by molar-refractivity contribution is 7.99. The van der Waals surface area contributed by atoms with Gasteiger partial charge in [0.15, 0.2) is 0 Å². The number of para-hydroxylation sites is 1. The zero-order valence-electron chi connectivity index (χ0n) is 12.0. The van der Waals surface area contributed by atoms with E-state index < -0.39 is 0 Å². The summed E-state index contributed by atoms with van der Waals surface area (Å²) in [5.74, 6) is 2.36. The topological polar surface area (TPSA) is 45.2 Å². The Kier molecular flexibility index (Phi) is 4.77. The summed E-state index contributed by atoms with van der Waals surface area (Å²) in [4.78, 5) is 18.7. The molecule has 1 fully saturated rings. The van der Waals surface area contributed by atoms with Gasteiger partial charge in [-0.2, -0.15) is 11.8 Å². The van der Waals surface area contributed by atoms with Gasteiger partial charge in [-0.15, -0.1) is 11.3 Å². The molecule has 0 radical (unpaired) electrons. The summed E-state index contributed by atoms with van der Waals surface area (Å²) in [7, 11) is 1.87. The second kappa shape index (κ2) is 6.77. The minimum atomic E-state index is 0.189. The van der Waals surface area contributed by atoms with Crippen LogP contribution in [-0.4, -0.2) is 46.9 Å². The Bertz CT molecular complexity index is 589.